The fourth-order valence-electron chi connectivity index (χ4n) is 4.16. The lowest BCUT2D eigenvalue weighted by Gasteiger charge is -2.36. The lowest BCUT2D eigenvalue weighted by molar-refractivity contribution is 0.376. The second-order valence-corrected chi connectivity index (χ2v) is 12.3. The van der Waals surface area contributed by atoms with E-state index in [1.165, 1.54) is 33.4 Å². The Morgan fingerprint density at radius 3 is 2.05 bits per heavy atom. The Morgan fingerprint density at radius 2 is 1.47 bits per heavy atom. The van der Waals surface area contributed by atoms with Crippen molar-refractivity contribution in [2.45, 2.75) is 9.79 Å². The molecule has 0 atom stereocenters. The molecule has 0 unspecified atom stereocenters. The lowest BCUT2D eigenvalue weighted by atomic mass is 10.2. The fourth-order valence-corrected chi connectivity index (χ4v) is 6.84. The topological polar surface area (TPSA) is 96.5 Å². The van der Waals surface area contributed by atoms with E-state index in [4.69, 9.17) is 9.47 Å². The molecule has 0 saturated carbocycles. The van der Waals surface area contributed by atoms with Gasteiger partial charge < -0.3 is 14.4 Å². The van der Waals surface area contributed by atoms with Crippen LogP contribution in [0.1, 0.15) is 0 Å². The smallest absolute Gasteiger partial charge is 0.264 e. The van der Waals surface area contributed by atoms with Gasteiger partial charge in [0.2, 0.25) is 10.0 Å². The van der Waals surface area contributed by atoms with Gasteiger partial charge in [0, 0.05) is 39.3 Å². The first-order valence-corrected chi connectivity index (χ1v) is 14.4. The lowest BCUT2D eigenvalue weighted by Crippen LogP contribution is -2.49. The quantitative estimate of drug-likeness (QED) is 0.412. The van der Waals surface area contributed by atoms with E-state index < -0.39 is 36.6 Å². The number of rotatable bonds is 8. The van der Waals surface area contributed by atoms with Gasteiger partial charge in [-0.2, -0.15) is 4.31 Å². The van der Waals surface area contributed by atoms with Gasteiger partial charge in [-0.05, 0) is 54.6 Å². The van der Waals surface area contributed by atoms with E-state index in [1.54, 1.807) is 35.2 Å². The molecule has 0 N–H and O–H groups in total. The molecule has 204 valence electrons. The highest BCUT2D eigenvalue weighted by Crippen LogP contribution is 2.34. The van der Waals surface area contributed by atoms with Gasteiger partial charge >= 0.3 is 0 Å². The van der Waals surface area contributed by atoms with Crippen LogP contribution in [0.4, 0.5) is 20.2 Å². The number of piperazine rings is 1. The molecule has 0 spiro atoms. The Kier molecular flexibility index (Phi) is 7.81. The minimum atomic E-state index is -4.19. The minimum Gasteiger partial charge on any atom is -0.497 e. The van der Waals surface area contributed by atoms with Gasteiger partial charge in [0.05, 0.1) is 30.5 Å². The van der Waals surface area contributed by atoms with E-state index in [-0.39, 0.29) is 31.1 Å². The predicted molar refractivity (Wildman–Crippen MR) is 139 cm³/mol. The van der Waals surface area contributed by atoms with Gasteiger partial charge in [0.25, 0.3) is 10.0 Å². The van der Waals surface area contributed by atoms with Crippen molar-refractivity contribution in [1.82, 2.24) is 4.31 Å². The molecule has 0 amide bonds. The molecule has 3 aromatic carbocycles. The van der Waals surface area contributed by atoms with Gasteiger partial charge in [-0.15, -0.1) is 0 Å². The zero-order valence-corrected chi connectivity index (χ0v) is 22.6. The monoisotopic (exact) mass is 567 g/mol. The van der Waals surface area contributed by atoms with Crippen molar-refractivity contribution in [3.8, 4) is 11.5 Å². The van der Waals surface area contributed by atoms with E-state index in [0.29, 0.717) is 28.9 Å². The van der Waals surface area contributed by atoms with E-state index in [2.05, 4.69) is 0 Å². The average molecular weight is 568 g/mol. The highest BCUT2D eigenvalue weighted by atomic mass is 32.2. The molecule has 1 aliphatic rings. The van der Waals surface area contributed by atoms with E-state index in [1.807, 2.05) is 0 Å². The Balaban J connectivity index is 1.57. The molecular formula is C25H27F2N3O6S2. The molecule has 1 aliphatic heterocycles. The van der Waals surface area contributed by atoms with Crippen molar-refractivity contribution in [2.75, 3.05) is 56.7 Å². The van der Waals surface area contributed by atoms with Crippen LogP contribution >= 0.6 is 0 Å². The third-order valence-electron chi connectivity index (χ3n) is 6.34. The number of sulfonamides is 2. The molecular weight excluding hydrogens is 540 g/mol. The number of methoxy groups -OCH3 is 2. The third kappa shape index (κ3) is 5.26. The van der Waals surface area contributed by atoms with Crippen LogP contribution in [-0.4, -0.2) is 68.6 Å². The summed E-state index contributed by atoms with van der Waals surface area (Å²) in [7, 11) is -3.72. The maximum atomic E-state index is 14.2. The molecule has 0 aromatic heterocycles. The van der Waals surface area contributed by atoms with Crippen molar-refractivity contribution in [2.24, 2.45) is 0 Å². The Morgan fingerprint density at radius 1 is 0.816 bits per heavy atom. The van der Waals surface area contributed by atoms with E-state index >= 15 is 0 Å². The van der Waals surface area contributed by atoms with Gasteiger partial charge in [0.15, 0.2) is 0 Å². The van der Waals surface area contributed by atoms with Crippen LogP contribution in [0.5, 0.6) is 11.5 Å². The van der Waals surface area contributed by atoms with E-state index in [9.17, 15) is 25.6 Å². The number of hydrogen-bond acceptors (Lipinski definition) is 7. The third-order valence-corrected chi connectivity index (χ3v) is 10.0. The number of ether oxygens (including phenoxy) is 2. The SMILES string of the molecule is COc1ccc(N(C)S(=O)(=O)c2ccc(OC)c(N3CCN(S(=O)(=O)c4ccc(F)cc4F)CC3)c2)cc1. The molecule has 0 radical (unpaired) electrons. The maximum Gasteiger partial charge on any atom is 0.264 e. The molecule has 1 saturated heterocycles. The van der Waals surface area contributed by atoms with Crippen LogP contribution in [0, 0.1) is 11.6 Å². The van der Waals surface area contributed by atoms with Crippen molar-refractivity contribution in [1.29, 1.82) is 0 Å². The molecule has 3 aromatic rings. The number of hydrogen-bond donors (Lipinski definition) is 0. The fraction of sp³-hybridized carbons (Fsp3) is 0.280. The summed E-state index contributed by atoms with van der Waals surface area (Å²) in [6.07, 6.45) is 0. The number of anilines is 2. The number of nitrogens with zero attached hydrogens (tertiary/aromatic N) is 3. The minimum absolute atomic E-state index is 0.00499. The summed E-state index contributed by atoms with van der Waals surface area (Å²) < 4.78 is 93.0. The Labute approximate surface area is 220 Å². The van der Waals surface area contributed by atoms with Crippen LogP contribution < -0.4 is 18.7 Å². The molecule has 13 heteroatoms. The molecule has 4 rings (SSSR count). The molecule has 1 fully saturated rings. The summed E-state index contributed by atoms with van der Waals surface area (Å²) in [4.78, 5) is 1.23. The largest absolute Gasteiger partial charge is 0.497 e. The van der Waals surface area contributed by atoms with Crippen molar-refractivity contribution < 1.29 is 35.1 Å². The first-order chi connectivity index (χ1) is 18.0. The molecule has 0 aliphatic carbocycles. The summed E-state index contributed by atoms with van der Waals surface area (Å²) in [5.74, 6) is -1.02. The van der Waals surface area contributed by atoms with Crippen LogP contribution in [0.2, 0.25) is 0 Å². The molecule has 38 heavy (non-hydrogen) atoms. The first kappa shape index (κ1) is 27.6. The zero-order chi connectivity index (χ0) is 27.7. The van der Waals surface area contributed by atoms with Crippen LogP contribution in [0.25, 0.3) is 0 Å². The summed E-state index contributed by atoms with van der Waals surface area (Å²) in [6.45, 7) is 0.391. The number of benzene rings is 3. The summed E-state index contributed by atoms with van der Waals surface area (Å²) in [5, 5.41) is 0. The highest BCUT2D eigenvalue weighted by molar-refractivity contribution is 7.92. The van der Waals surface area contributed by atoms with Crippen molar-refractivity contribution in [3.63, 3.8) is 0 Å². The zero-order valence-electron chi connectivity index (χ0n) is 21.0. The average Bonchev–Trinajstić information content (AvgIpc) is 2.92. The molecule has 1 heterocycles. The first-order valence-electron chi connectivity index (χ1n) is 11.5. The van der Waals surface area contributed by atoms with Crippen LogP contribution in [0.15, 0.2) is 70.5 Å². The standard InChI is InChI=1S/C25H27F2N3O6S2/c1-28(19-5-7-20(35-2)8-6-19)37(31,32)21-9-10-24(36-3)23(17-21)29-12-14-30(15-13-29)38(33,34)25-11-4-18(26)16-22(25)27/h4-11,16-17H,12-15H2,1-3H3. The second-order valence-electron chi connectivity index (χ2n) is 8.47. The predicted octanol–water partition coefficient (Wildman–Crippen LogP) is 3.32. The molecule has 9 nitrogen and oxygen atoms in total. The Bertz CT molecular complexity index is 1530. The second kappa shape index (κ2) is 10.8. The van der Waals surface area contributed by atoms with Crippen LogP contribution in [-0.2, 0) is 20.0 Å². The van der Waals surface area contributed by atoms with Gasteiger partial charge in [0.1, 0.15) is 28.0 Å². The summed E-state index contributed by atoms with van der Waals surface area (Å²) in [6, 6.07) is 13.4. The molecule has 0 bridgehead atoms. The van der Waals surface area contributed by atoms with Gasteiger partial charge in [-0.3, -0.25) is 4.31 Å². The van der Waals surface area contributed by atoms with E-state index in [0.717, 1.165) is 20.7 Å². The Hall–Kier alpha value is -3.42. The van der Waals surface area contributed by atoms with Crippen LogP contribution in [0.3, 0.4) is 0 Å². The van der Waals surface area contributed by atoms with Gasteiger partial charge in [-0.25, -0.2) is 25.6 Å². The number of halogens is 2. The van der Waals surface area contributed by atoms with Crippen molar-refractivity contribution in [3.05, 3.63) is 72.3 Å². The van der Waals surface area contributed by atoms with Gasteiger partial charge in [-0.1, -0.05) is 0 Å². The summed E-state index contributed by atoms with van der Waals surface area (Å²) in [5.41, 5.74) is 0.914. The highest BCUT2D eigenvalue weighted by Gasteiger charge is 2.32. The maximum absolute atomic E-state index is 14.2. The normalized spacial score (nSPS) is 14.8. The summed E-state index contributed by atoms with van der Waals surface area (Å²) >= 11 is 0. The van der Waals surface area contributed by atoms with Crippen molar-refractivity contribution >= 4 is 31.4 Å².